The summed E-state index contributed by atoms with van der Waals surface area (Å²) in [6.45, 7) is 10.6. The van der Waals surface area contributed by atoms with E-state index in [1.54, 1.807) is 6.26 Å². The molecule has 0 saturated carbocycles. The zero-order chi connectivity index (χ0) is 14.4. The Balaban J connectivity index is 1.78. The summed E-state index contributed by atoms with van der Waals surface area (Å²) < 4.78 is 4.83. The van der Waals surface area contributed by atoms with E-state index in [0.29, 0.717) is 6.54 Å². The second kappa shape index (κ2) is 7.28. The minimum Gasteiger partial charge on any atom is -0.364 e. The molecular formula is C14H25N5O. The number of aliphatic imine (C=N–C) groups is 1. The summed E-state index contributed by atoms with van der Waals surface area (Å²) in [7, 11) is 1.83. The van der Waals surface area contributed by atoms with Gasteiger partial charge in [-0.2, -0.15) is 0 Å². The van der Waals surface area contributed by atoms with E-state index >= 15 is 0 Å². The van der Waals surface area contributed by atoms with E-state index in [1.807, 2.05) is 13.1 Å². The number of piperazine rings is 1. The Bertz CT molecular complexity index is 407. The highest BCUT2D eigenvalue weighted by atomic mass is 16.5. The first kappa shape index (κ1) is 14.8. The lowest BCUT2D eigenvalue weighted by Crippen LogP contribution is -2.52. The highest BCUT2D eigenvalue weighted by molar-refractivity contribution is 5.79. The first-order valence-electron chi connectivity index (χ1n) is 7.26. The zero-order valence-corrected chi connectivity index (χ0v) is 12.7. The standard InChI is InChI=1S/C14H25N5O/c1-12(2)11-18-5-7-19(8-6-18)14(15-3)16-10-13-4-9-20-17-13/h4,9,12H,5-8,10-11H2,1-3H3,(H,15,16). The van der Waals surface area contributed by atoms with Crippen LogP contribution in [0.4, 0.5) is 0 Å². The van der Waals surface area contributed by atoms with Gasteiger partial charge in [-0.15, -0.1) is 0 Å². The van der Waals surface area contributed by atoms with Crippen LogP contribution in [-0.4, -0.2) is 60.7 Å². The Hall–Kier alpha value is -1.56. The predicted molar refractivity (Wildman–Crippen MR) is 79.6 cm³/mol. The second-order valence-electron chi connectivity index (χ2n) is 5.57. The summed E-state index contributed by atoms with van der Waals surface area (Å²) in [5.74, 6) is 1.67. The third kappa shape index (κ3) is 4.23. The predicted octanol–water partition coefficient (Wildman–Crippen LogP) is 1.02. The molecule has 1 aromatic heterocycles. The van der Waals surface area contributed by atoms with Crippen molar-refractivity contribution in [2.75, 3.05) is 39.8 Å². The monoisotopic (exact) mass is 279 g/mol. The molecule has 20 heavy (non-hydrogen) atoms. The number of guanidine groups is 1. The van der Waals surface area contributed by atoms with Gasteiger partial charge in [-0.3, -0.25) is 9.89 Å². The largest absolute Gasteiger partial charge is 0.364 e. The molecule has 1 N–H and O–H groups in total. The number of hydrogen-bond acceptors (Lipinski definition) is 4. The van der Waals surface area contributed by atoms with Crippen molar-refractivity contribution in [1.29, 1.82) is 0 Å². The van der Waals surface area contributed by atoms with Gasteiger partial charge in [0.15, 0.2) is 5.96 Å². The third-order valence-electron chi connectivity index (χ3n) is 3.43. The lowest BCUT2D eigenvalue weighted by atomic mass is 10.2. The van der Waals surface area contributed by atoms with Crippen LogP contribution in [0.25, 0.3) is 0 Å². The van der Waals surface area contributed by atoms with Crippen LogP contribution in [0.15, 0.2) is 21.8 Å². The van der Waals surface area contributed by atoms with Crippen LogP contribution in [0.3, 0.4) is 0 Å². The first-order chi connectivity index (χ1) is 9.69. The van der Waals surface area contributed by atoms with Crippen LogP contribution in [0.5, 0.6) is 0 Å². The van der Waals surface area contributed by atoms with E-state index in [2.05, 4.69) is 39.1 Å². The van der Waals surface area contributed by atoms with Crippen LogP contribution in [-0.2, 0) is 6.54 Å². The smallest absolute Gasteiger partial charge is 0.194 e. The second-order valence-corrected chi connectivity index (χ2v) is 5.57. The zero-order valence-electron chi connectivity index (χ0n) is 12.7. The Labute approximate surface area is 120 Å². The van der Waals surface area contributed by atoms with Crippen molar-refractivity contribution >= 4 is 5.96 Å². The van der Waals surface area contributed by atoms with Crippen molar-refractivity contribution in [3.63, 3.8) is 0 Å². The van der Waals surface area contributed by atoms with Crippen LogP contribution in [0, 0.1) is 5.92 Å². The van der Waals surface area contributed by atoms with Crippen LogP contribution in [0.2, 0.25) is 0 Å². The van der Waals surface area contributed by atoms with E-state index in [0.717, 1.165) is 43.8 Å². The average molecular weight is 279 g/mol. The molecule has 1 aromatic rings. The molecule has 6 nitrogen and oxygen atoms in total. The van der Waals surface area contributed by atoms with Gasteiger partial charge in [-0.1, -0.05) is 19.0 Å². The first-order valence-corrected chi connectivity index (χ1v) is 7.26. The van der Waals surface area contributed by atoms with Gasteiger partial charge in [0.25, 0.3) is 0 Å². The number of nitrogens with zero attached hydrogens (tertiary/aromatic N) is 4. The molecule has 1 aliphatic rings. The Morgan fingerprint density at radius 3 is 2.70 bits per heavy atom. The molecule has 0 amide bonds. The van der Waals surface area contributed by atoms with Crippen molar-refractivity contribution in [3.05, 3.63) is 18.0 Å². The van der Waals surface area contributed by atoms with Gasteiger partial charge in [0.1, 0.15) is 12.0 Å². The van der Waals surface area contributed by atoms with Gasteiger partial charge < -0.3 is 14.7 Å². The minimum atomic E-state index is 0.648. The van der Waals surface area contributed by atoms with E-state index in [-0.39, 0.29) is 0 Å². The lowest BCUT2D eigenvalue weighted by molar-refractivity contribution is 0.164. The van der Waals surface area contributed by atoms with Crippen molar-refractivity contribution in [2.45, 2.75) is 20.4 Å². The minimum absolute atomic E-state index is 0.648. The van der Waals surface area contributed by atoms with Gasteiger partial charge in [0.2, 0.25) is 0 Å². The summed E-state index contributed by atoms with van der Waals surface area (Å²) in [6.07, 6.45) is 1.59. The summed E-state index contributed by atoms with van der Waals surface area (Å²) in [6, 6.07) is 1.86. The van der Waals surface area contributed by atoms with E-state index < -0.39 is 0 Å². The molecule has 112 valence electrons. The molecule has 2 heterocycles. The van der Waals surface area contributed by atoms with Crippen molar-refractivity contribution in [3.8, 4) is 0 Å². The van der Waals surface area contributed by atoms with Gasteiger partial charge in [-0.25, -0.2) is 0 Å². The molecule has 0 radical (unpaired) electrons. The molecule has 6 heteroatoms. The number of rotatable bonds is 4. The molecule has 1 aliphatic heterocycles. The molecule has 1 fully saturated rings. The molecule has 0 aliphatic carbocycles. The third-order valence-corrected chi connectivity index (χ3v) is 3.43. The maximum Gasteiger partial charge on any atom is 0.194 e. The van der Waals surface area contributed by atoms with Crippen LogP contribution in [0.1, 0.15) is 19.5 Å². The summed E-state index contributed by atoms with van der Waals surface area (Å²) in [4.78, 5) is 9.17. The Morgan fingerprint density at radius 1 is 1.40 bits per heavy atom. The van der Waals surface area contributed by atoms with Crippen molar-refractivity contribution in [1.82, 2.24) is 20.3 Å². The SMILES string of the molecule is CN=C(NCc1ccon1)N1CCN(CC(C)C)CC1. The van der Waals surface area contributed by atoms with Gasteiger partial charge in [0.05, 0.1) is 6.54 Å². The highest BCUT2D eigenvalue weighted by Crippen LogP contribution is 2.06. The topological polar surface area (TPSA) is 56.9 Å². The molecule has 0 atom stereocenters. The fraction of sp³-hybridized carbons (Fsp3) is 0.714. The average Bonchev–Trinajstić information content (AvgIpc) is 2.94. The fourth-order valence-electron chi connectivity index (χ4n) is 2.49. The quantitative estimate of drug-likeness (QED) is 0.659. The van der Waals surface area contributed by atoms with E-state index in [9.17, 15) is 0 Å². The molecule has 0 bridgehead atoms. The number of aromatic nitrogens is 1. The van der Waals surface area contributed by atoms with Gasteiger partial charge >= 0.3 is 0 Å². The van der Waals surface area contributed by atoms with E-state index in [4.69, 9.17) is 4.52 Å². The Kier molecular flexibility index (Phi) is 5.40. The number of nitrogens with one attached hydrogen (secondary N) is 1. The van der Waals surface area contributed by atoms with E-state index in [1.165, 1.54) is 6.54 Å². The summed E-state index contributed by atoms with van der Waals surface area (Å²) >= 11 is 0. The van der Waals surface area contributed by atoms with Gasteiger partial charge in [0, 0.05) is 45.8 Å². The molecular weight excluding hydrogens is 254 g/mol. The van der Waals surface area contributed by atoms with Crippen molar-refractivity contribution in [2.24, 2.45) is 10.9 Å². The highest BCUT2D eigenvalue weighted by Gasteiger charge is 2.19. The van der Waals surface area contributed by atoms with Gasteiger partial charge in [-0.05, 0) is 5.92 Å². The summed E-state index contributed by atoms with van der Waals surface area (Å²) in [5.41, 5.74) is 0.893. The van der Waals surface area contributed by atoms with Crippen LogP contribution < -0.4 is 5.32 Å². The lowest BCUT2D eigenvalue weighted by Gasteiger charge is -2.37. The maximum absolute atomic E-state index is 4.83. The molecule has 0 spiro atoms. The molecule has 1 saturated heterocycles. The van der Waals surface area contributed by atoms with Crippen molar-refractivity contribution < 1.29 is 4.52 Å². The Morgan fingerprint density at radius 2 is 2.15 bits per heavy atom. The molecule has 2 rings (SSSR count). The van der Waals surface area contributed by atoms with Crippen LogP contribution >= 0.6 is 0 Å². The maximum atomic E-state index is 4.83. The molecule has 0 aromatic carbocycles. The summed E-state index contributed by atoms with van der Waals surface area (Å²) in [5, 5.41) is 7.23. The normalized spacial score (nSPS) is 17.8. The number of hydrogen-bond donors (Lipinski definition) is 1. The molecule has 0 unspecified atom stereocenters. The fourth-order valence-corrected chi connectivity index (χ4v) is 2.49.